The third-order valence-electron chi connectivity index (χ3n) is 6.54. The summed E-state index contributed by atoms with van der Waals surface area (Å²) in [6.45, 7) is 4.45. The Bertz CT molecular complexity index is 1360. The fourth-order valence-electron chi connectivity index (χ4n) is 4.25. The van der Waals surface area contributed by atoms with Crippen molar-refractivity contribution in [2.75, 3.05) is 18.3 Å². The smallest absolute Gasteiger partial charge is 0.278 e. The molecule has 1 fully saturated rings. The van der Waals surface area contributed by atoms with Gasteiger partial charge in [-0.05, 0) is 26.3 Å². The Morgan fingerprint density at radius 3 is 2.49 bits per heavy atom. The van der Waals surface area contributed by atoms with E-state index in [4.69, 9.17) is 4.74 Å². The van der Waals surface area contributed by atoms with Gasteiger partial charge in [-0.3, -0.25) is 33.7 Å². The molecule has 0 spiro atoms. The number of carbonyl (C=O) groups is 4. The molecule has 10 nitrogen and oxygen atoms in total. The minimum Gasteiger partial charge on any atom is -0.487 e. The van der Waals surface area contributed by atoms with E-state index >= 15 is 0 Å². The molecule has 1 aromatic heterocycles. The fraction of sp³-hybridized carbons (Fsp3) is 0.400. The van der Waals surface area contributed by atoms with Crippen molar-refractivity contribution >= 4 is 23.4 Å². The van der Waals surface area contributed by atoms with Crippen molar-refractivity contribution in [3.63, 3.8) is 0 Å². The minimum absolute atomic E-state index is 0.00251. The van der Waals surface area contributed by atoms with Crippen LogP contribution in [0.25, 0.3) is 0 Å². The molecule has 3 heterocycles. The number of benzene rings is 1. The number of carbonyl (C=O) groups excluding carboxylic acids is 4. The van der Waals surface area contributed by atoms with Crippen molar-refractivity contribution in [1.82, 2.24) is 14.9 Å². The van der Waals surface area contributed by atoms with E-state index in [1.165, 1.54) is 34.5 Å². The first-order valence-corrected chi connectivity index (χ1v) is 11.9. The van der Waals surface area contributed by atoms with Crippen LogP contribution in [0.2, 0.25) is 0 Å². The Balaban J connectivity index is 1.79. The van der Waals surface area contributed by atoms with E-state index in [2.05, 4.69) is 5.32 Å². The summed E-state index contributed by atoms with van der Waals surface area (Å²) in [6, 6.07) is 0.831. The highest BCUT2D eigenvalue weighted by molar-refractivity contribution is 6.41. The van der Waals surface area contributed by atoms with E-state index in [1.54, 1.807) is 0 Å². The Labute approximate surface area is 210 Å². The molecule has 196 valence electrons. The summed E-state index contributed by atoms with van der Waals surface area (Å²) in [5.41, 5.74) is -1.49. The number of halogens is 2. The first-order valence-electron chi connectivity index (χ1n) is 11.9. The number of rotatable bonds is 7. The Morgan fingerprint density at radius 1 is 1.11 bits per heavy atom. The fourth-order valence-corrected chi connectivity index (χ4v) is 4.25. The highest BCUT2D eigenvalue weighted by atomic mass is 19.1. The van der Waals surface area contributed by atoms with Crippen LogP contribution >= 0.6 is 0 Å². The molecule has 2 aliphatic heterocycles. The van der Waals surface area contributed by atoms with Gasteiger partial charge in [-0.1, -0.05) is 19.4 Å². The number of fused-ring (bicyclic) bond motifs is 4. The predicted octanol–water partition coefficient (Wildman–Crippen LogP) is 1.52. The first kappa shape index (κ1) is 26.0. The predicted molar refractivity (Wildman–Crippen MR) is 127 cm³/mol. The second-order valence-corrected chi connectivity index (χ2v) is 8.95. The topological polar surface area (TPSA) is 118 Å². The number of aromatic nitrogens is 1. The third-order valence-corrected chi connectivity index (χ3v) is 6.54. The van der Waals surface area contributed by atoms with Crippen molar-refractivity contribution in [3.05, 3.63) is 63.1 Å². The van der Waals surface area contributed by atoms with Crippen LogP contribution in [0.3, 0.4) is 0 Å². The van der Waals surface area contributed by atoms with Crippen LogP contribution in [-0.4, -0.2) is 58.3 Å². The van der Waals surface area contributed by atoms with E-state index in [0.717, 1.165) is 18.7 Å². The molecule has 37 heavy (non-hydrogen) atoms. The van der Waals surface area contributed by atoms with Gasteiger partial charge in [-0.25, -0.2) is 8.78 Å². The largest absolute Gasteiger partial charge is 0.487 e. The molecule has 2 aliphatic rings. The lowest BCUT2D eigenvalue weighted by Crippen LogP contribution is -2.58. The maximum atomic E-state index is 14.0. The van der Waals surface area contributed by atoms with Crippen LogP contribution < -0.4 is 20.5 Å². The van der Waals surface area contributed by atoms with Crippen LogP contribution in [0.1, 0.15) is 60.0 Å². The van der Waals surface area contributed by atoms with Gasteiger partial charge >= 0.3 is 0 Å². The maximum Gasteiger partial charge on any atom is 0.278 e. The normalized spacial score (nSPS) is 19.0. The van der Waals surface area contributed by atoms with Crippen LogP contribution in [-0.2, 0) is 16.1 Å². The van der Waals surface area contributed by atoms with Crippen LogP contribution in [0.5, 0.6) is 5.75 Å². The zero-order valence-electron chi connectivity index (χ0n) is 20.5. The minimum atomic E-state index is -1.05. The van der Waals surface area contributed by atoms with Crippen molar-refractivity contribution in [2.45, 2.75) is 52.2 Å². The summed E-state index contributed by atoms with van der Waals surface area (Å²) in [5.74, 6) is -5.07. The van der Waals surface area contributed by atoms with Crippen molar-refractivity contribution in [1.29, 1.82) is 0 Å². The molecule has 1 N–H and O–H groups in total. The molecule has 4 rings (SSSR count). The summed E-state index contributed by atoms with van der Waals surface area (Å²) >= 11 is 0. The number of ether oxygens (including phenoxy) is 1. The zero-order valence-corrected chi connectivity index (χ0v) is 20.5. The average Bonchev–Trinajstić information content (AvgIpc) is 2.93. The van der Waals surface area contributed by atoms with E-state index in [-0.39, 0.29) is 36.8 Å². The maximum absolute atomic E-state index is 14.0. The number of amides is 2. The highest BCUT2D eigenvalue weighted by Crippen LogP contribution is 2.27. The molecule has 1 saturated heterocycles. The molecule has 2 aromatic rings. The number of nitrogens with one attached hydrogen (secondary N) is 1. The second-order valence-electron chi connectivity index (χ2n) is 8.95. The molecule has 2 amide bonds. The third kappa shape index (κ3) is 4.58. The van der Waals surface area contributed by atoms with Crippen molar-refractivity contribution in [3.8, 4) is 5.75 Å². The van der Waals surface area contributed by atoms with E-state index in [9.17, 15) is 32.8 Å². The molecular formula is C25H26F2N4O6. The molecule has 0 unspecified atom stereocenters. The van der Waals surface area contributed by atoms with Crippen molar-refractivity contribution < 1.29 is 32.7 Å². The highest BCUT2D eigenvalue weighted by Gasteiger charge is 2.46. The summed E-state index contributed by atoms with van der Waals surface area (Å²) in [7, 11) is 0. The number of Topliss-reactive ketones (excluding diaryl/α,β-unsaturated/α-hetero) is 2. The van der Waals surface area contributed by atoms with Gasteiger partial charge in [0.15, 0.2) is 11.4 Å². The van der Waals surface area contributed by atoms with Gasteiger partial charge in [0.25, 0.3) is 11.8 Å². The number of hydrogen-bond acceptors (Lipinski definition) is 7. The van der Waals surface area contributed by atoms with Gasteiger partial charge in [-0.2, -0.15) is 0 Å². The molecule has 12 heteroatoms. The monoisotopic (exact) mass is 516 g/mol. The van der Waals surface area contributed by atoms with Gasteiger partial charge in [-0.15, -0.1) is 0 Å². The van der Waals surface area contributed by atoms with Gasteiger partial charge < -0.3 is 15.0 Å². The summed E-state index contributed by atoms with van der Waals surface area (Å²) < 4.78 is 34.1. The van der Waals surface area contributed by atoms with Gasteiger partial charge in [0.2, 0.25) is 17.0 Å². The number of nitrogens with zero attached hydrogens (tertiary/aromatic N) is 3. The molecule has 2 atom stereocenters. The SMILES string of the molecule is CCCCOc1c2n(cc(C(=O)NCc3ccc(F)cc3F)c1=O)N1CN(C2=O)[C@@H](C)C(=O)C(=O)[C@H]1C. The average molecular weight is 517 g/mol. The molecule has 0 aliphatic carbocycles. The first-order chi connectivity index (χ1) is 17.6. The summed E-state index contributed by atoms with van der Waals surface area (Å²) in [5, 5.41) is 3.83. The zero-order chi connectivity index (χ0) is 27.0. The van der Waals surface area contributed by atoms with Gasteiger partial charge in [0.1, 0.15) is 29.9 Å². The van der Waals surface area contributed by atoms with Gasteiger partial charge in [0.05, 0.1) is 12.6 Å². The molecule has 0 radical (unpaired) electrons. The Morgan fingerprint density at radius 2 is 1.81 bits per heavy atom. The van der Waals surface area contributed by atoms with Crippen LogP contribution in [0.15, 0.2) is 29.2 Å². The Kier molecular flexibility index (Phi) is 7.10. The Hall–Kier alpha value is -4.09. The molecule has 1 aromatic carbocycles. The van der Waals surface area contributed by atoms with E-state index < -0.39 is 58.1 Å². The van der Waals surface area contributed by atoms with Crippen LogP contribution in [0.4, 0.5) is 8.78 Å². The van der Waals surface area contributed by atoms with Gasteiger partial charge in [0, 0.05) is 24.4 Å². The lowest BCUT2D eigenvalue weighted by molar-refractivity contribution is -0.138. The second kappa shape index (κ2) is 10.1. The molecule has 0 saturated carbocycles. The number of unbranched alkanes of at least 4 members (excludes halogenated alkanes) is 1. The van der Waals surface area contributed by atoms with E-state index in [1.807, 2.05) is 6.92 Å². The van der Waals surface area contributed by atoms with E-state index in [0.29, 0.717) is 12.5 Å². The number of ketones is 2. The quantitative estimate of drug-likeness (QED) is 0.438. The molecular weight excluding hydrogens is 490 g/mol. The number of pyridine rings is 1. The lowest BCUT2D eigenvalue weighted by Gasteiger charge is -2.41. The number of hydrogen-bond donors (Lipinski definition) is 1. The summed E-state index contributed by atoms with van der Waals surface area (Å²) in [6.07, 6.45) is 2.40. The van der Waals surface area contributed by atoms with Crippen molar-refractivity contribution in [2.24, 2.45) is 0 Å². The summed E-state index contributed by atoms with van der Waals surface area (Å²) in [4.78, 5) is 66.4. The lowest BCUT2D eigenvalue weighted by atomic mass is 10.1. The molecule has 2 bridgehead atoms. The van der Waals surface area contributed by atoms with Crippen LogP contribution in [0, 0.1) is 11.6 Å². The standard InChI is InChI=1S/C25H26F2N4O6/c1-4-5-8-37-23-19-25(36)29-12-31(14(3)21(33)20(32)13(29)2)30(19)11-17(22(23)34)24(35)28-10-15-6-7-16(26)9-18(15)27/h6-7,9,11,13-14H,4-5,8,10,12H2,1-3H3,(H,28,35)/t13-,14+/m0/s1.